The SMILES string of the molecule is Cc1ccc(S(=O)(=O)n2cc(-c3ncc(F)c(N[C@H]4CCC[C@@H](NC(=O)c5ccccc5C(=O)O)C4)n3)c3cc(F)cc(F)c32)cc1. The third-order valence-electron chi connectivity index (χ3n) is 8.10. The lowest BCUT2D eigenvalue weighted by Gasteiger charge is -2.31. The van der Waals surface area contributed by atoms with E-state index >= 15 is 8.78 Å². The molecular formula is C33H28F3N5O5S. The molecule has 1 saturated carbocycles. The molecule has 2 aromatic heterocycles. The van der Waals surface area contributed by atoms with Crippen molar-refractivity contribution in [3.05, 3.63) is 107 Å². The fourth-order valence-electron chi connectivity index (χ4n) is 5.81. The van der Waals surface area contributed by atoms with E-state index in [4.69, 9.17) is 0 Å². The Labute approximate surface area is 267 Å². The number of aromatic carboxylic acids is 1. The van der Waals surface area contributed by atoms with Crippen molar-refractivity contribution < 1.29 is 36.3 Å². The summed E-state index contributed by atoms with van der Waals surface area (Å²) in [6.45, 7) is 1.78. The highest BCUT2D eigenvalue weighted by Gasteiger charge is 2.28. The van der Waals surface area contributed by atoms with Gasteiger partial charge in [0.25, 0.3) is 15.9 Å². The standard InChI is InChI=1S/C33H28F3N5O5S/c1-18-9-11-22(12-10-18)47(45,46)41-17-26(25-13-19(34)14-27(35)29(25)41)30-37-16-28(36)31(40-30)38-20-5-4-6-21(15-20)39-32(42)23-7-2-3-8-24(23)33(43)44/h2-3,7-14,16-17,20-21H,4-6,15H2,1H3,(H,39,42)(H,43,44)(H,37,38,40)/t20-,21+/m0/s1. The number of nitrogens with zero attached hydrogens (tertiary/aromatic N) is 3. The number of anilines is 1. The van der Waals surface area contributed by atoms with Crippen molar-refractivity contribution in [3.63, 3.8) is 0 Å². The third kappa shape index (κ3) is 6.28. The first kappa shape index (κ1) is 31.7. The number of carbonyl (C=O) groups is 2. The molecule has 0 saturated heterocycles. The van der Waals surface area contributed by atoms with E-state index in [9.17, 15) is 27.5 Å². The number of halogens is 3. The summed E-state index contributed by atoms with van der Waals surface area (Å²) in [5.41, 5.74) is 0.254. The molecule has 14 heteroatoms. The summed E-state index contributed by atoms with van der Waals surface area (Å²) >= 11 is 0. The van der Waals surface area contributed by atoms with Crippen molar-refractivity contribution in [2.45, 2.75) is 49.6 Å². The number of fused-ring (bicyclic) bond motifs is 1. The van der Waals surface area contributed by atoms with Gasteiger partial charge in [0.05, 0.1) is 22.2 Å². The van der Waals surface area contributed by atoms with Crippen molar-refractivity contribution in [3.8, 4) is 11.4 Å². The maximum absolute atomic E-state index is 15.2. The minimum Gasteiger partial charge on any atom is -0.478 e. The van der Waals surface area contributed by atoms with Crippen molar-refractivity contribution in [2.24, 2.45) is 0 Å². The Morgan fingerprint density at radius 3 is 2.38 bits per heavy atom. The molecule has 0 radical (unpaired) electrons. The second kappa shape index (κ2) is 12.5. The van der Waals surface area contributed by atoms with Gasteiger partial charge in [0.2, 0.25) is 0 Å². The second-order valence-corrected chi connectivity index (χ2v) is 13.2. The number of hydrogen-bond acceptors (Lipinski definition) is 7. The normalized spacial score (nSPS) is 16.6. The Morgan fingerprint density at radius 2 is 1.66 bits per heavy atom. The van der Waals surface area contributed by atoms with Gasteiger partial charge in [-0.1, -0.05) is 29.8 Å². The Bertz CT molecular complexity index is 2140. The van der Waals surface area contributed by atoms with Gasteiger partial charge in [-0.3, -0.25) is 4.79 Å². The molecule has 2 heterocycles. The zero-order valence-electron chi connectivity index (χ0n) is 24.9. The van der Waals surface area contributed by atoms with E-state index in [-0.39, 0.29) is 50.7 Å². The van der Waals surface area contributed by atoms with Crippen LogP contribution in [0.25, 0.3) is 22.3 Å². The first-order valence-electron chi connectivity index (χ1n) is 14.7. The summed E-state index contributed by atoms with van der Waals surface area (Å²) in [6, 6.07) is 12.6. The van der Waals surface area contributed by atoms with E-state index < -0.39 is 44.9 Å². The summed E-state index contributed by atoms with van der Waals surface area (Å²) in [6.07, 6.45) is 4.20. The monoisotopic (exact) mass is 663 g/mol. The van der Waals surface area contributed by atoms with Crippen LogP contribution in [0.1, 0.15) is 52.0 Å². The van der Waals surface area contributed by atoms with Gasteiger partial charge >= 0.3 is 5.97 Å². The highest BCUT2D eigenvalue weighted by atomic mass is 32.2. The average Bonchev–Trinajstić information content (AvgIpc) is 3.43. The number of hydrogen-bond donors (Lipinski definition) is 3. The first-order chi connectivity index (χ1) is 22.4. The van der Waals surface area contributed by atoms with Crippen LogP contribution in [0.4, 0.5) is 19.0 Å². The van der Waals surface area contributed by atoms with E-state index in [0.29, 0.717) is 35.7 Å². The molecule has 3 aromatic carbocycles. The summed E-state index contributed by atoms with van der Waals surface area (Å²) < 4.78 is 72.6. The molecular weight excluding hydrogens is 635 g/mol. The molecule has 1 aliphatic rings. The lowest BCUT2D eigenvalue weighted by Crippen LogP contribution is -2.42. The van der Waals surface area contributed by atoms with Gasteiger partial charge in [-0.15, -0.1) is 0 Å². The largest absolute Gasteiger partial charge is 0.478 e. The Kier molecular flexibility index (Phi) is 8.45. The Hall–Kier alpha value is -5.24. The van der Waals surface area contributed by atoms with Crippen molar-refractivity contribution in [1.29, 1.82) is 0 Å². The molecule has 1 amide bonds. The van der Waals surface area contributed by atoms with Crippen LogP contribution in [0.5, 0.6) is 0 Å². The summed E-state index contributed by atoms with van der Waals surface area (Å²) in [5.74, 6) is -5.05. The van der Waals surface area contributed by atoms with Crippen LogP contribution in [-0.2, 0) is 10.0 Å². The number of benzene rings is 3. The van der Waals surface area contributed by atoms with Gasteiger partial charge in [0, 0.05) is 35.3 Å². The number of aromatic nitrogens is 3. The van der Waals surface area contributed by atoms with Crippen LogP contribution >= 0.6 is 0 Å². The van der Waals surface area contributed by atoms with Crippen LogP contribution in [0, 0.1) is 24.4 Å². The van der Waals surface area contributed by atoms with E-state index in [1.165, 1.54) is 30.3 Å². The molecule has 47 heavy (non-hydrogen) atoms. The highest BCUT2D eigenvalue weighted by Crippen LogP contribution is 2.35. The van der Waals surface area contributed by atoms with E-state index in [1.54, 1.807) is 25.1 Å². The molecule has 0 spiro atoms. The maximum atomic E-state index is 15.2. The number of rotatable bonds is 8. The molecule has 3 N–H and O–H groups in total. The molecule has 5 aromatic rings. The fourth-order valence-corrected chi connectivity index (χ4v) is 7.19. The minimum absolute atomic E-state index is 0.0259. The zero-order chi connectivity index (χ0) is 33.5. The van der Waals surface area contributed by atoms with Crippen molar-refractivity contribution in [1.82, 2.24) is 19.3 Å². The fraction of sp³-hybridized carbons (Fsp3) is 0.212. The molecule has 6 rings (SSSR count). The predicted molar refractivity (Wildman–Crippen MR) is 167 cm³/mol. The van der Waals surface area contributed by atoms with E-state index in [1.807, 2.05) is 0 Å². The second-order valence-electron chi connectivity index (χ2n) is 11.4. The van der Waals surface area contributed by atoms with Crippen molar-refractivity contribution >= 4 is 38.6 Å². The van der Waals surface area contributed by atoms with Gasteiger partial charge in [-0.2, -0.15) is 0 Å². The van der Waals surface area contributed by atoms with Crippen LogP contribution < -0.4 is 10.6 Å². The molecule has 0 aliphatic heterocycles. The minimum atomic E-state index is -4.35. The topological polar surface area (TPSA) is 143 Å². The summed E-state index contributed by atoms with van der Waals surface area (Å²) in [4.78, 5) is 32.7. The van der Waals surface area contributed by atoms with E-state index in [0.717, 1.165) is 24.0 Å². The maximum Gasteiger partial charge on any atom is 0.336 e. The van der Waals surface area contributed by atoms with E-state index in [2.05, 4.69) is 20.6 Å². The average molecular weight is 664 g/mol. The quantitative estimate of drug-likeness (QED) is 0.186. The van der Waals surface area contributed by atoms with Gasteiger partial charge in [0.15, 0.2) is 23.3 Å². The molecule has 1 fully saturated rings. The Morgan fingerprint density at radius 1 is 0.957 bits per heavy atom. The predicted octanol–water partition coefficient (Wildman–Crippen LogP) is 5.91. The summed E-state index contributed by atoms with van der Waals surface area (Å²) in [7, 11) is -4.35. The smallest absolute Gasteiger partial charge is 0.336 e. The number of carboxylic acids is 1. The molecule has 242 valence electrons. The zero-order valence-corrected chi connectivity index (χ0v) is 25.7. The molecule has 10 nitrogen and oxygen atoms in total. The summed E-state index contributed by atoms with van der Waals surface area (Å²) in [5, 5.41) is 15.2. The number of carbonyl (C=O) groups excluding carboxylic acids is 1. The third-order valence-corrected chi connectivity index (χ3v) is 9.77. The van der Waals surface area contributed by atoms with Crippen LogP contribution in [-0.4, -0.2) is 51.4 Å². The molecule has 2 atom stereocenters. The highest BCUT2D eigenvalue weighted by molar-refractivity contribution is 7.90. The van der Waals surface area contributed by atoms with Gasteiger partial charge < -0.3 is 15.7 Å². The number of nitrogens with one attached hydrogen (secondary N) is 2. The van der Waals surface area contributed by atoms with Gasteiger partial charge in [0.1, 0.15) is 11.3 Å². The molecule has 0 unspecified atom stereocenters. The lowest BCUT2D eigenvalue weighted by molar-refractivity contribution is 0.0690. The number of aryl methyl sites for hydroxylation is 1. The molecule has 1 aliphatic carbocycles. The van der Waals surface area contributed by atoms with Crippen LogP contribution in [0.2, 0.25) is 0 Å². The first-order valence-corrected chi connectivity index (χ1v) is 16.1. The Balaban J connectivity index is 1.29. The lowest BCUT2D eigenvalue weighted by atomic mass is 9.90. The van der Waals surface area contributed by atoms with Crippen LogP contribution in [0.3, 0.4) is 0 Å². The van der Waals surface area contributed by atoms with Gasteiger partial charge in [-0.05, 0) is 62.9 Å². The number of carboxylic acid groups (broad SMARTS) is 1. The number of amides is 1. The van der Waals surface area contributed by atoms with Crippen LogP contribution in [0.15, 0.2) is 78.0 Å². The molecule has 0 bridgehead atoms. The van der Waals surface area contributed by atoms with Gasteiger partial charge in [-0.25, -0.2) is 40.3 Å². The van der Waals surface area contributed by atoms with Crippen molar-refractivity contribution in [2.75, 3.05) is 5.32 Å².